The molecule has 6 nitrogen and oxygen atoms in total. The Morgan fingerprint density at radius 3 is 2.57 bits per heavy atom. The lowest BCUT2D eigenvalue weighted by Crippen LogP contribution is -2.44. The van der Waals surface area contributed by atoms with E-state index in [9.17, 15) is 9.59 Å². The largest absolute Gasteiger partial charge is 0.382 e. The molecule has 3 amide bonds. The molecule has 0 aromatic heterocycles. The molecule has 0 aliphatic rings. The maximum Gasteiger partial charge on any atom is 0.321 e. The zero-order valence-electron chi connectivity index (χ0n) is 12.5. The number of ether oxygens (including phenoxy) is 1. The normalized spacial score (nSPS) is 11.7. The predicted molar refractivity (Wildman–Crippen MR) is 80.9 cm³/mol. The van der Waals surface area contributed by atoms with Crippen molar-refractivity contribution in [2.45, 2.75) is 19.4 Å². The number of rotatable bonds is 8. The Kier molecular flexibility index (Phi) is 8.08. The lowest BCUT2D eigenvalue weighted by Gasteiger charge is -2.18. The highest BCUT2D eigenvalue weighted by Crippen LogP contribution is 2.12. The second kappa shape index (κ2) is 9.90. The van der Waals surface area contributed by atoms with E-state index in [0.717, 1.165) is 12.0 Å². The average molecular weight is 293 g/mol. The number of hydrogen-bond donors (Lipinski definition) is 3. The Balaban J connectivity index is 2.62. The summed E-state index contributed by atoms with van der Waals surface area (Å²) in [7, 11) is 1.47. The zero-order valence-corrected chi connectivity index (χ0v) is 12.5. The molecule has 116 valence electrons. The second-order valence-electron chi connectivity index (χ2n) is 4.42. The molecule has 0 radical (unpaired) electrons. The quantitative estimate of drug-likeness (QED) is 0.629. The summed E-state index contributed by atoms with van der Waals surface area (Å²) < 4.78 is 5.26. The van der Waals surface area contributed by atoms with Gasteiger partial charge in [-0.1, -0.05) is 30.3 Å². The van der Waals surface area contributed by atoms with E-state index in [1.807, 2.05) is 37.3 Å². The molecule has 0 aliphatic carbocycles. The van der Waals surface area contributed by atoms with Crippen molar-refractivity contribution in [3.05, 3.63) is 35.9 Å². The van der Waals surface area contributed by atoms with Crippen LogP contribution in [0.1, 0.15) is 24.9 Å². The van der Waals surface area contributed by atoms with Crippen LogP contribution >= 0.6 is 0 Å². The standard InChI is InChI=1S/C15H23N3O3/c1-3-21-11-7-10-17-13(12-8-5-4-6-9-12)14(19)18-15(20)16-2/h4-6,8-9,13,17H,3,7,10-11H2,1-2H3,(H2,16,18,19,20)/t13-/m0/s1. The summed E-state index contributed by atoms with van der Waals surface area (Å²) in [5.74, 6) is -0.378. The predicted octanol–water partition coefficient (Wildman–Crippen LogP) is 1.20. The van der Waals surface area contributed by atoms with E-state index < -0.39 is 12.1 Å². The zero-order chi connectivity index (χ0) is 15.5. The molecule has 0 unspecified atom stereocenters. The molecule has 0 saturated heterocycles. The Labute approximate surface area is 125 Å². The summed E-state index contributed by atoms with van der Waals surface area (Å²) in [4.78, 5) is 23.4. The van der Waals surface area contributed by atoms with Crippen molar-refractivity contribution in [1.82, 2.24) is 16.0 Å². The van der Waals surface area contributed by atoms with E-state index in [-0.39, 0.29) is 5.91 Å². The molecule has 21 heavy (non-hydrogen) atoms. The fourth-order valence-electron chi connectivity index (χ4n) is 1.82. The summed E-state index contributed by atoms with van der Waals surface area (Å²) in [5.41, 5.74) is 0.815. The van der Waals surface area contributed by atoms with Gasteiger partial charge in [-0.3, -0.25) is 10.1 Å². The van der Waals surface area contributed by atoms with E-state index in [2.05, 4.69) is 16.0 Å². The van der Waals surface area contributed by atoms with Gasteiger partial charge in [-0.2, -0.15) is 0 Å². The van der Waals surface area contributed by atoms with Crippen LogP contribution in [0.4, 0.5) is 4.79 Å². The van der Waals surface area contributed by atoms with Crippen LogP contribution < -0.4 is 16.0 Å². The summed E-state index contributed by atoms with van der Waals surface area (Å²) >= 11 is 0. The van der Waals surface area contributed by atoms with Crippen LogP contribution in [0, 0.1) is 0 Å². The summed E-state index contributed by atoms with van der Waals surface area (Å²) in [6, 6.07) is 8.22. The minimum atomic E-state index is -0.565. The molecule has 1 rings (SSSR count). The molecular formula is C15H23N3O3. The fraction of sp³-hybridized carbons (Fsp3) is 0.467. The van der Waals surface area contributed by atoms with E-state index in [4.69, 9.17) is 4.74 Å². The van der Waals surface area contributed by atoms with Gasteiger partial charge >= 0.3 is 6.03 Å². The van der Waals surface area contributed by atoms with Crippen LogP contribution in [0.2, 0.25) is 0 Å². The Morgan fingerprint density at radius 2 is 1.95 bits per heavy atom. The highest BCUT2D eigenvalue weighted by molar-refractivity contribution is 5.97. The van der Waals surface area contributed by atoms with Gasteiger partial charge in [-0.15, -0.1) is 0 Å². The number of urea groups is 1. The molecule has 3 N–H and O–H groups in total. The lowest BCUT2D eigenvalue weighted by molar-refractivity contribution is -0.122. The van der Waals surface area contributed by atoms with Gasteiger partial charge in [0.15, 0.2) is 0 Å². The van der Waals surface area contributed by atoms with Crippen molar-refractivity contribution in [3.63, 3.8) is 0 Å². The molecule has 0 spiro atoms. The van der Waals surface area contributed by atoms with Crippen molar-refractivity contribution in [1.29, 1.82) is 0 Å². The molecule has 0 heterocycles. The van der Waals surface area contributed by atoms with Gasteiger partial charge in [-0.05, 0) is 25.5 Å². The number of carbonyl (C=O) groups is 2. The first kappa shape index (κ1) is 17.1. The number of amides is 3. The van der Waals surface area contributed by atoms with E-state index in [1.165, 1.54) is 7.05 Å². The first-order valence-corrected chi connectivity index (χ1v) is 7.07. The number of imide groups is 1. The van der Waals surface area contributed by atoms with E-state index >= 15 is 0 Å². The fourth-order valence-corrected chi connectivity index (χ4v) is 1.82. The Hall–Kier alpha value is -1.92. The topological polar surface area (TPSA) is 79.5 Å². The summed E-state index contributed by atoms with van der Waals surface area (Å²) in [6.45, 7) is 3.89. The Morgan fingerprint density at radius 1 is 1.24 bits per heavy atom. The van der Waals surface area contributed by atoms with Gasteiger partial charge < -0.3 is 15.4 Å². The van der Waals surface area contributed by atoms with E-state index in [1.54, 1.807) is 0 Å². The van der Waals surface area contributed by atoms with Gasteiger partial charge in [0.05, 0.1) is 0 Å². The number of carbonyl (C=O) groups excluding carboxylic acids is 2. The monoisotopic (exact) mass is 293 g/mol. The average Bonchev–Trinajstić information content (AvgIpc) is 2.51. The van der Waals surface area contributed by atoms with Crippen LogP contribution in [0.15, 0.2) is 30.3 Å². The summed E-state index contributed by atoms with van der Waals surface area (Å²) in [5, 5.41) is 7.82. The first-order valence-electron chi connectivity index (χ1n) is 7.07. The molecule has 0 aliphatic heterocycles. The van der Waals surface area contributed by atoms with Gasteiger partial charge in [0.1, 0.15) is 6.04 Å². The molecule has 1 atom stereocenters. The summed E-state index contributed by atoms with van der Waals surface area (Å²) in [6.07, 6.45) is 0.796. The van der Waals surface area contributed by atoms with E-state index in [0.29, 0.717) is 19.8 Å². The van der Waals surface area contributed by atoms with Crippen molar-refractivity contribution in [2.75, 3.05) is 26.8 Å². The van der Waals surface area contributed by atoms with Gasteiger partial charge in [0.25, 0.3) is 0 Å². The Bertz CT molecular complexity index is 437. The number of nitrogens with one attached hydrogen (secondary N) is 3. The van der Waals surface area contributed by atoms with Gasteiger partial charge in [0, 0.05) is 20.3 Å². The molecule has 1 aromatic carbocycles. The number of hydrogen-bond acceptors (Lipinski definition) is 4. The minimum Gasteiger partial charge on any atom is -0.382 e. The third kappa shape index (κ3) is 6.37. The molecule has 0 fully saturated rings. The smallest absolute Gasteiger partial charge is 0.321 e. The second-order valence-corrected chi connectivity index (χ2v) is 4.42. The molecule has 1 aromatic rings. The number of benzene rings is 1. The first-order chi connectivity index (χ1) is 10.2. The maximum atomic E-state index is 12.2. The molecule has 6 heteroatoms. The van der Waals surface area contributed by atoms with Crippen LogP contribution in [-0.2, 0) is 9.53 Å². The highest BCUT2D eigenvalue weighted by atomic mass is 16.5. The molecule has 0 saturated carbocycles. The maximum absolute atomic E-state index is 12.2. The molecular weight excluding hydrogens is 270 g/mol. The van der Waals surface area contributed by atoms with Crippen molar-refractivity contribution < 1.29 is 14.3 Å². The van der Waals surface area contributed by atoms with Crippen molar-refractivity contribution in [3.8, 4) is 0 Å². The van der Waals surface area contributed by atoms with Gasteiger partial charge in [0.2, 0.25) is 5.91 Å². The van der Waals surface area contributed by atoms with Crippen LogP contribution in [0.5, 0.6) is 0 Å². The lowest BCUT2D eigenvalue weighted by atomic mass is 10.1. The van der Waals surface area contributed by atoms with Crippen molar-refractivity contribution >= 4 is 11.9 Å². The van der Waals surface area contributed by atoms with Crippen LogP contribution in [0.3, 0.4) is 0 Å². The van der Waals surface area contributed by atoms with Gasteiger partial charge in [-0.25, -0.2) is 4.79 Å². The third-order valence-corrected chi connectivity index (χ3v) is 2.88. The minimum absolute atomic E-state index is 0.378. The van der Waals surface area contributed by atoms with Crippen LogP contribution in [0.25, 0.3) is 0 Å². The highest BCUT2D eigenvalue weighted by Gasteiger charge is 2.21. The SMILES string of the molecule is CCOCCCN[C@H](C(=O)NC(=O)NC)c1ccccc1. The third-order valence-electron chi connectivity index (χ3n) is 2.88. The molecule has 0 bridgehead atoms. The van der Waals surface area contributed by atoms with Crippen molar-refractivity contribution in [2.24, 2.45) is 0 Å². The van der Waals surface area contributed by atoms with Crippen LogP contribution in [-0.4, -0.2) is 38.7 Å².